The lowest BCUT2D eigenvalue weighted by atomic mass is 10.5. The lowest BCUT2D eigenvalue weighted by Gasteiger charge is -2.01. The average Bonchev–Trinajstić information content (AvgIpc) is 2.70. The van der Waals surface area contributed by atoms with Crippen LogP contribution in [0.15, 0.2) is 0 Å². The molecule has 0 radical (unpaired) electrons. The molecule has 0 atom stereocenters. The SMILES string of the molecule is Cc1nc(C(=O)NCCSCCCO)n[nH]1. The number of carbonyl (C=O) groups excluding carboxylic acids is 1. The van der Waals surface area contributed by atoms with Gasteiger partial charge in [0.05, 0.1) is 0 Å². The minimum atomic E-state index is -0.257. The van der Waals surface area contributed by atoms with Crippen molar-refractivity contribution in [2.45, 2.75) is 13.3 Å². The number of aromatic amines is 1. The molecule has 1 heterocycles. The van der Waals surface area contributed by atoms with Gasteiger partial charge in [0.15, 0.2) is 0 Å². The average molecular weight is 244 g/mol. The van der Waals surface area contributed by atoms with E-state index in [4.69, 9.17) is 5.11 Å². The Kier molecular flexibility index (Phi) is 5.87. The molecule has 1 rings (SSSR count). The molecule has 1 aromatic rings. The molecule has 0 bridgehead atoms. The third kappa shape index (κ3) is 4.63. The third-order valence-corrected chi connectivity index (χ3v) is 2.85. The van der Waals surface area contributed by atoms with Gasteiger partial charge in [-0.1, -0.05) is 0 Å². The predicted molar refractivity (Wildman–Crippen MR) is 62.5 cm³/mol. The Morgan fingerprint density at radius 3 is 3.00 bits per heavy atom. The molecule has 6 nitrogen and oxygen atoms in total. The number of rotatable bonds is 7. The first-order valence-corrected chi connectivity index (χ1v) is 6.25. The number of nitrogens with zero attached hydrogens (tertiary/aromatic N) is 2. The van der Waals surface area contributed by atoms with Crippen LogP contribution in [0.25, 0.3) is 0 Å². The Balaban J connectivity index is 2.11. The summed E-state index contributed by atoms with van der Waals surface area (Å²) >= 11 is 1.70. The molecule has 0 saturated heterocycles. The summed E-state index contributed by atoms with van der Waals surface area (Å²) in [6, 6.07) is 0. The number of hydrogen-bond donors (Lipinski definition) is 3. The second-order valence-corrected chi connectivity index (χ2v) is 4.41. The number of aryl methyl sites for hydroxylation is 1. The second-order valence-electron chi connectivity index (χ2n) is 3.19. The summed E-state index contributed by atoms with van der Waals surface area (Å²) < 4.78 is 0. The highest BCUT2D eigenvalue weighted by atomic mass is 32.2. The van der Waals surface area contributed by atoms with E-state index in [0.29, 0.717) is 12.4 Å². The van der Waals surface area contributed by atoms with Crippen LogP contribution in [-0.2, 0) is 0 Å². The van der Waals surface area contributed by atoms with Gasteiger partial charge in [0.1, 0.15) is 5.82 Å². The zero-order valence-corrected chi connectivity index (χ0v) is 10.0. The minimum absolute atomic E-state index is 0.179. The van der Waals surface area contributed by atoms with E-state index < -0.39 is 0 Å². The molecule has 1 amide bonds. The van der Waals surface area contributed by atoms with Gasteiger partial charge in [0, 0.05) is 18.9 Å². The van der Waals surface area contributed by atoms with Crippen molar-refractivity contribution in [1.29, 1.82) is 0 Å². The Morgan fingerprint density at radius 2 is 2.38 bits per heavy atom. The Hall–Kier alpha value is -1.08. The highest BCUT2D eigenvalue weighted by Crippen LogP contribution is 2.00. The number of nitrogens with one attached hydrogen (secondary N) is 2. The fourth-order valence-electron chi connectivity index (χ4n) is 1.03. The van der Waals surface area contributed by atoms with Crippen molar-refractivity contribution < 1.29 is 9.90 Å². The van der Waals surface area contributed by atoms with Crippen molar-refractivity contribution in [2.75, 3.05) is 24.7 Å². The van der Waals surface area contributed by atoms with E-state index in [0.717, 1.165) is 17.9 Å². The summed E-state index contributed by atoms with van der Waals surface area (Å²) in [6.45, 7) is 2.55. The van der Waals surface area contributed by atoms with Gasteiger partial charge >= 0.3 is 0 Å². The molecule has 1 aromatic heterocycles. The summed E-state index contributed by atoms with van der Waals surface area (Å²) in [5.41, 5.74) is 0. The molecule has 0 aromatic carbocycles. The van der Waals surface area contributed by atoms with Gasteiger partial charge in [-0.15, -0.1) is 5.10 Å². The zero-order chi connectivity index (χ0) is 11.8. The van der Waals surface area contributed by atoms with Crippen LogP contribution in [0, 0.1) is 6.92 Å². The summed E-state index contributed by atoms with van der Waals surface area (Å²) in [5, 5.41) is 17.6. The summed E-state index contributed by atoms with van der Waals surface area (Å²) in [4.78, 5) is 15.4. The van der Waals surface area contributed by atoms with Gasteiger partial charge in [-0.05, 0) is 19.1 Å². The molecule has 0 fully saturated rings. The predicted octanol–water partition coefficient (Wildman–Crippen LogP) is -0.0415. The van der Waals surface area contributed by atoms with Crippen molar-refractivity contribution in [3.05, 3.63) is 11.6 Å². The van der Waals surface area contributed by atoms with Gasteiger partial charge in [-0.3, -0.25) is 9.89 Å². The number of aliphatic hydroxyl groups excluding tert-OH is 1. The van der Waals surface area contributed by atoms with E-state index in [2.05, 4.69) is 20.5 Å². The van der Waals surface area contributed by atoms with Crippen LogP contribution in [0.2, 0.25) is 0 Å². The molecular weight excluding hydrogens is 228 g/mol. The maximum Gasteiger partial charge on any atom is 0.290 e. The number of thioether (sulfide) groups is 1. The second kappa shape index (κ2) is 7.24. The molecular formula is C9H16N4O2S. The zero-order valence-electron chi connectivity index (χ0n) is 9.19. The normalized spacial score (nSPS) is 10.4. The monoisotopic (exact) mass is 244 g/mol. The summed E-state index contributed by atoms with van der Waals surface area (Å²) in [5.74, 6) is 2.29. The molecule has 0 aliphatic heterocycles. The highest BCUT2D eigenvalue weighted by molar-refractivity contribution is 7.99. The van der Waals surface area contributed by atoms with Crippen molar-refractivity contribution in [1.82, 2.24) is 20.5 Å². The first-order valence-electron chi connectivity index (χ1n) is 5.10. The van der Waals surface area contributed by atoms with Gasteiger partial charge in [-0.2, -0.15) is 11.8 Å². The molecule has 0 spiro atoms. The first-order chi connectivity index (χ1) is 7.74. The van der Waals surface area contributed by atoms with Gasteiger partial charge in [-0.25, -0.2) is 4.98 Å². The van der Waals surface area contributed by atoms with Crippen LogP contribution < -0.4 is 5.32 Å². The number of aromatic nitrogens is 3. The smallest absolute Gasteiger partial charge is 0.290 e. The third-order valence-electron chi connectivity index (χ3n) is 1.78. The van der Waals surface area contributed by atoms with Crippen LogP contribution in [-0.4, -0.2) is 50.9 Å². The van der Waals surface area contributed by atoms with Gasteiger partial charge in [0.25, 0.3) is 5.91 Å². The van der Waals surface area contributed by atoms with E-state index in [-0.39, 0.29) is 18.3 Å². The first kappa shape index (κ1) is 13.0. The Bertz CT molecular complexity index is 329. The van der Waals surface area contributed by atoms with E-state index >= 15 is 0 Å². The van der Waals surface area contributed by atoms with Crippen LogP contribution in [0.5, 0.6) is 0 Å². The standard InChI is InChI=1S/C9H16N4O2S/c1-7-11-8(13-12-7)9(15)10-3-6-16-5-2-4-14/h14H,2-6H2,1H3,(H,10,15)(H,11,12,13). The molecule has 0 unspecified atom stereocenters. The molecule has 7 heteroatoms. The molecule has 0 aliphatic rings. The summed E-state index contributed by atoms with van der Waals surface area (Å²) in [7, 11) is 0. The topological polar surface area (TPSA) is 90.9 Å². The summed E-state index contributed by atoms with van der Waals surface area (Å²) in [6.07, 6.45) is 0.790. The number of carbonyl (C=O) groups is 1. The van der Waals surface area contributed by atoms with Crippen LogP contribution >= 0.6 is 11.8 Å². The van der Waals surface area contributed by atoms with Crippen molar-refractivity contribution in [3.8, 4) is 0 Å². The number of H-pyrrole nitrogens is 1. The largest absolute Gasteiger partial charge is 0.396 e. The highest BCUT2D eigenvalue weighted by Gasteiger charge is 2.09. The fraction of sp³-hybridized carbons (Fsp3) is 0.667. The van der Waals surface area contributed by atoms with E-state index in [1.54, 1.807) is 18.7 Å². The minimum Gasteiger partial charge on any atom is -0.396 e. The van der Waals surface area contributed by atoms with Crippen molar-refractivity contribution >= 4 is 17.7 Å². The molecule has 0 aliphatic carbocycles. The maximum atomic E-state index is 11.4. The lowest BCUT2D eigenvalue weighted by molar-refractivity contribution is 0.0946. The Morgan fingerprint density at radius 1 is 1.56 bits per heavy atom. The number of hydrogen-bond acceptors (Lipinski definition) is 5. The molecule has 0 saturated carbocycles. The van der Waals surface area contributed by atoms with Crippen LogP contribution in [0.1, 0.15) is 22.9 Å². The van der Waals surface area contributed by atoms with Gasteiger partial charge < -0.3 is 10.4 Å². The van der Waals surface area contributed by atoms with E-state index in [1.807, 2.05) is 0 Å². The van der Waals surface area contributed by atoms with Crippen LogP contribution in [0.4, 0.5) is 0 Å². The van der Waals surface area contributed by atoms with Crippen LogP contribution in [0.3, 0.4) is 0 Å². The van der Waals surface area contributed by atoms with E-state index in [1.165, 1.54) is 0 Å². The van der Waals surface area contributed by atoms with Gasteiger partial charge in [0.2, 0.25) is 5.82 Å². The van der Waals surface area contributed by atoms with E-state index in [9.17, 15) is 4.79 Å². The Labute approximate surface area is 98.2 Å². The number of aliphatic hydroxyl groups is 1. The molecule has 3 N–H and O–H groups in total. The van der Waals surface area contributed by atoms with Crippen molar-refractivity contribution in [2.24, 2.45) is 0 Å². The maximum absolute atomic E-state index is 11.4. The quantitative estimate of drug-likeness (QED) is 0.585. The fourth-order valence-corrected chi connectivity index (χ4v) is 1.81. The number of amides is 1. The molecule has 90 valence electrons. The van der Waals surface area contributed by atoms with Crippen molar-refractivity contribution in [3.63, 3.8) is 0 Å². The molecule has 16 heavy (non-hydrogen) atoms. The lowest BCUT2D eigenvalue weighted by Crippen LogP contribution is -2.26.